The van der Waals surface area contributed by atoms with Crippen molar-refractivity contribution in [3.8, 4) is 11.5 Å². The Morgan fingerprint density at radius 3 is 2.38 bits per heavy atom. The van der Waals surface area contributed by atoms with Gasteiger partial charge in [0.25, 0.3) is 5.69 Å². The van der Waals surface area contributed by atoms with Gasteiger partial charge in [0, 0.05) is 25.2 Å². The maximum absolute atomic E-state index is 13.3. The monoisotopic (exact) mass is 362 g/mol. The lowest BCUT2D eigenvalue weighted by atomic mass is 10.2. The van der Waals surface area contributed by atoms with Crippen molar-refractivity contribution in [2.24, 2.45) is 0 Å². The summed E-state index contributed by atoms with van der Waals surface area (Å²) in [6.45, 7) is 5.07. The molecule has 0 N–H and O–H groups in total. The average molecular weight is 362 g/mol. The van der Waals surface area contributed by atoms with E-state index in [1.54, 1.807) is 26.8 Å². The Labute approximate surface area is 150 Å². The molecule has 2 aromatic carbocycles. The molecule has 0 heterocycles. The van der Waals surface area contributed by atoms with E-state index < -0.39 is 22.4 Å². The summed E-state index contributed by atoms with van der Waals surface area (Å²) in [6, 6.07) is 9.38. The predicted molar refractivity (Wildman–Crippen MR) is 94.2 cm³/mol. The van der Waals surface area contributed by atoms with Crippen molar-refractivity contribution in [1.29, 1.82) is 0 Å². The molecule has 0 saturated heterocycles. The first-order chi connectivity index (χ1) is 12.1. The number of anilines is 1. The van der Waals surface area contributed by atoms with E-state index in [0.717, 1.165) is 4.90 Å². The molecule has 0 aliphatic carbocycles. The highest BCUT2D eigenvalue weighted by molar-refractivity contribution is 5.90. The third-order valence-electron chi connectivity index (χ3n) is 3.20. The quantitative estimate of drug-likeness (QED) is 0.571. The highest BCUT2D eigenvalue weighted by Crippen LogP contribution is 2.34. The average Bonchev–Trinajstić information content (AvgIpc) is 2.52. The van der Waals surface area contributed by atoms with Gasteiger partial charge in [0.1, 0.15) is 28.6 Å². The van der Waals surface area contributed by atoms with E-state index in [-0.39, 0.29) is 22.9 Å². The van der Waals surface area contributed by atoms with Gasteiger partial charge in [0.2, 0.25) is 0 Å². The van der Waals surface area contributed by atoms with Crippen molar-refractivity contribution < 1.29 is 23.6 Å². The molecular weight excluding hydrogens is 343 g/mol. The molecule has 26 heavy (non-hydrogen) atoms. The minimum absolute atomic E-state index is 0.00171. The molecule has 0 radical (unpaired) electrons. The van der Waals surface area contributed by atoms with Crippen molar-refractivity contribution >= 4 is 17.5 Å². The van der Waals surface area contributed by atoms with Gasteiger partial charge in [0.05, 0.1) is 4.92 Å². The lowest BCUT2D eigenvalue weighted by molar-refractivity contribution is -0.384. The molecule has 0 saturated carbocycles. The second kappa shape index (κ2) is 7.38. The number of nitrogens with zero attached hydrogens (tertiary/aromatic N) is 2. The Hall–Kier alpha value is -3.16. The number of carbonyl (C=O) groups is 1. The van der Waals surface area contributed by atoms with Gasteiger partial charge in [-0.1, -0.05) is 6.07 Å². The van der Waals surface area contributed by atoms with Crippen molar-refractivity contribution in [2.75, 3.05) is 11.9 Å². The Kier molecular flexibility index (Phi) is 5.44. The van der Waals surface area contributed by atoms with Crippen LogP contribution in [0.1, 0.15) is 20.8 Å². The summed E-state index contributed by atoms with van der Waals surface area (Å²) < 4.78 is 24.0. The summed E-state index contributed by atoms with van der Waals surface area (Å²) in [5.41, 5.74) is -1.04. The molecule has 8 heteroatoms. The smallest absolute Gasteiger partial charge is 0.414 e. The van der Waals surface area contributed by atoms with Crippen LogP contribution in [0.15, 0.2) is 42.5 Å². The summed E-state index contributed by atoms with van der Waals surface area (Å²) in [6.07, 6.45) is -0.747. The van der Waals surface area contributed by atoms with Gasteiger partial charge in [0.15, 0.2) is 0 Å². The fourth-order valence-corrected chi connectivity index (χ4v) is 2.09. The minimum Gasteiger partial charge on any atom is -0.457 e. The van der Waals surface area contributed by atoms with Crippen LogP contribution in [-0.4, -0.2) is 23.7 Å². The first kappa shape index (κ1) is 19.2. The van der Waals surface area contributed by atoms with Crippen LogP contribution in [0.25, 0.3) is 0 Å². The van der Waals surface area contributed by atoms with Gasteiger partial charge < -0.3 is 9.47 Å². The SMILES string of the molecule is CN(C(=O)OC(C)(C)C)c1cc(Oc2cccc(F)c2)ccc1[N+](=O)[O-]. The molecule has 0 aliphatic rings. The van der Waals surface area contributed by atoms with Gasteiger partial charge in [-0.25, -0.2) is 9.18 Å². The number of ether oxygens (including phenoxy) is 2. The first-order valence-electron chi connectivity index (χ1n) is 7.75. The van der Waals surface area contributed by atoms with Crippen molar-refractivity contribution in [1.82, 2.24) is 0 Å². The number of benzene rings is 2. The largest absolute Gasteiger partial charge is 0.457 e. The highest BCUT2D eigenvalue weighted by atomic mass is 19.1. The van der Waals surface area contributed by atoms with Crippen LogP contribution < -0.4 is 9.64 Å². The predicted octanol–water partition coefficient (Wildman–Crippen LogP) is 4.90. The molecule has 0 fully saturated rings. The van der Waals surface area contributed by atoms with E-state index in [1.165, 1.54) is 43.4 Å². The maximum Gasteiger partial charge on any atom is 0.414 e. The summed E-state index contributed by atoms with van der Waals surface area (Å²) in [5, 5.41) is 11.3. The van der Waals surface area contributed by atoms with E-state index in [9.17, 15) is 19.3 Å². The van der Waals surface area contributed by atoms with E-state index in [0.29, 0.717) is 0 Å². The Balaban J connectivity index is 2.36. The summed E-state index contributed by atoms with van der Waals surface area (Å²) in [7, 11) is 1.36. The maximum atomic E-state index is 13.3. The van der Waals surface area contributed by atoms with E-state index in [2.05, 4.69) is 0 Å². The molecule has 0 bridgehead atoms. The van der Waals surface area contributed by atoms with E-state index >= 15 is 0 Å². The summed E-state index contributed by atoms with van der Waals surface area (Å²) >= 11 is 0. The number of hydrogen-bond donors (Lipinski definition) is 0. The zero-order valence-electron chi connectivity index (χ0n) is 14.9. The molecule has 138 valence electrons. The third-order valence-corrected chi connectivity index (χ3v) is 3.20. The number of nitro groups is 1. The topological polar surface area (TPSA) is 81.9 Å². The van der Waals surface area contributed by atoms with Crippen LogP contribution in [0.2, 0.25) is 0 Å². The van der Waals surface area contributed by atoms with E-state index in [4.69, 9.17) is 9.47 Å². The molecule has 1 amide bonds. The Morgan fingerprint density at radius 1 is 1.15 bits per heavy atom. The molecule has 0 aromatic heterocycles. The number of amides is 1. The van der Waals surface area contributed by atoms with Gasteiger partial charge in [-0.15, -0.1) is 0 Å². The Morgan fingerprint density at radius 2 is 1.81 bits per heavy atom. The fraction of sp³-hybridized carbons (Fsp3) is 0.278. The van der Waals surface area contributed by atoms with Crippen LogP contribution in [0.5, 0.6) is 11.5 Å². The molecule has 0 spiro atoms. The lowest BCUT2D eigenvalue weighted by Gasteiger charge is -2.24. The van der Waals surface area contributed by atoms with Crippen LogP contribution in [0.3, 0.4) is 0 Å². The van der Waals surface area contributed by atoms with Crippen molar-refractivity contribution in [3.05, 3.63) is 58.4 Å². The molecule has 7 nitrogen and oxygen atoms in total. The van der Waals surface area contributed by atoms with Crippen LogP contribution in [0.4, 0.5) is 20.6 Å². The van der Waals surface area contributed by atoms with Gasteiger partial charge in [-0.05, 0) is 39.0 Å². The van der Waals surface area contributed by atoms with Gasteiger partial charge in [-0.2, -0.15) is 0 Å². The van der Waals surface area contributed by atoms with Gasteiger partial charge in [-0.3, -0.25) is 15.0 Å². The Bertz CT molecular complexity index is 833. The number of halogens is 1. The van der Waals surface area contributed by atoms with Crippen LogP contribution in [-0.2, 0) is 4.74 Å². The number of nitro benzene ring substituents is 1. The van der Waals surface area contributed by atoms with Gasteiger partial charge >= 0.3 is 6.09 Å². The zero-order chi connectivity index (χ0) is 19.5. The van der Waals surface area contributed by atoms with Crippen molar-refractivity contribution in [2.45, 2.75) is 26.4 Å². The zero-order valence-corrected chi connectivity index (χ0v) is 14.9. The summed E-state index contributed by atoms with van der Waals surface area (Å²) in [5.74, 6) is -0.0353. The fourth-order valence-electron chi connectivity index (χ4n) is 2.09. The van der Waals surface area contributed by atoms with Crippen molar-refractivity contribution in [3.63, 3.8) is 0 Å². The highest BCUT2D eigenvalue weighted by Gasteiger charge is 2.26. The molecule has 0 aliphatic heterocycles. The number of rotatable bonds is 4. The second-order valence-electron chi connectivity index (χ2n) is 6.51. The third kappa shape index (κ3) is 4.92. The minimum atomic E-state index is -0.754. The normalized spacial score (nSPS) is 11.0. The lowest BCUT2D eigenvalue weighted by Crippen LogP contribution is -2.34. The molecule has 0 unspecified atom stereocenters. The molecule has 2 rings (SSSR count). The van der Waals surface area contributed by atoms with E-state index in [1.807, 2.05) is 0 Å². The first-order valence-corrected chi connectivity index (χ1v) is 7.75. The molecular formula is C18H19FN2O5. The standard InChI is InChI=1S/C18H19FN2O5/c1-18(2,3)26-17(22)20(4)16-11-14(8-9-15(16)21(23)24)25-13-7-5-6-12(19)10-13/h5-11H,1-4H3. The van der Waals surface area contributed by atoms with Crippen LogP contribution >= 0.6 is 0 Å². The molecule has 2 aromatic rings. The second-order valence-corrected chi connectivity index (χ2v) is 6.51. The number of carbonyl (C=O) groups excluding carboxylic acids is 1. The molecule has 0 atom stereocenters. The number of hydrogen-bond acceptors (Lipinski definition) is 5. The summed E-state index contributed by atoms with van der Waals surface area (Å²) in [4.78, 5) is 23.9. The van der Waals surface area contributed by atoms with Crippen LogP contribution in [0, 0.1) is 15.9 Å².